The Labute approximate surface area is 123 Å². The van der Waals surface area contributed by atoms with Crippen LogP contribution in [0, 0.1) is 19.7 Å². The van der Waals surface area contributed by atoms with Crippen molar-refractivity contribution >= 4 is 5.97 Å². The van der Waals surface area contributed by atoms with E-state index >= 15 is 0 Å². The molecule has 3 nitrogen and oxygen atoms in total. The highest BCUT2D eigenvalue weighted by Gasteiger charge is 2.06. The van der Waals surface area contributed by atoms with Gasteiger partial charge in [0.25, 0.3) is 0 Å². The van der Waals surface area contributed by atoms with Gasteiger partial charge in [-0.15, -0.1) is 0 Å². The van der Waals surface area contributed by atoms with Gasteiger partial charge in [-0.1, -0.05) is 18.2 Å². The molecule has 0 aromatic heterocycles. The zero-order valence-electron chi connectivity index (χ0n) is 12.1. The van der Waals surface area contributed by atoms with E-state index in [0.29, 0.717) is 5.75 Å². The number of carbonyl (C=O) groups excluding carboxylic acids is 1. The average Bonchev–Trinajstić information content (AvgIpc) is 2.48. The summed E-state index contributed by atoms with van der Waals surface area (Å²) in [5, 5.41) is 0. The minimum absolute atomic E-state index is 0.107. The molecular weight excluding hydrogens is 271 g/mol. The smallest absolute Gasteiger partial charge is 0.344 e. The molecule has 110 valence electrons. The van der Waals surface area contributed by atoms with E-state index in [9.17, 15) is 9.18 Å². The standard InChI is InChI=1S/C17H17FO3/c1-12-3-8-16(9-13(12)2)20-11-17(19)21-10-14-4-6-15(18)7-5-14/h3-9H,10-11H2,1-2H3. The molecule has 4 heteroatoms. The van der Waals surface area contributed by atoms with E-state index in [4.69, 9.17) is 9.47 Å². The van der Waals surface area contributed by atoms with Crippen molar-refractivity contribution in [2.24, 2.45) is 0 Å². The highest BCUT2D eigenvalue weighted by atomic mass is 19.1. The van der Waals surface area contributed by atoms with Crippen LogP contribution in [-0.2, 0) is 16.1 Å². The predicted octanol–water partition coefficient (Wildman–Crippen LogP) is 3.56. The van der Waals surface area contributed by atoms with Gasteiger partial charge in [0.2, 0.25) is 0 Å². The Balaban J connectivity index is 1.79. The van der Waals surface area contributed by atoms with Crippen LogP contribution >= 0.6 is 0 Å². The van der Waals surface area contributed by atoms with Crippen molar-refractivity contribution in [2.75, 3.05) is 6.61 Å². The normalized spacial score (nSPS) is 10.2. The molecule has 2 aromatic rings. The number of aryl methyl sites for hydroxylation is 2. The van der Waals surface area contributed by atoms with Crippen molar-refractivity contribution in [2.45, 2.75) is 20.5 Å². The van der Waals surface area contributed by atoms with Crippen LogP contribution in [0.15, 0.2) is 42.5 Å². The Morgan fingerprint density at radius 3 is 2.43 bits per heavy atom. The van der Waals surface area contributed by atoms with Gasteiger partial charge in [-0.05, 0) is 54.8 Å². The van der Waals surface area contributed by atoms with Gasteiger partial charge >= 0.3 is 5.97 Å². The van der Waals surface area contributed by atoms with Gasteiger partial charge in [-0.2, -0.15) is 0 Å². The summed E-state index contributed by atoms with van der Waals surface area (Å²) in [6.45, 7) is 3.95. The highest BCUT2D eigenvalue weighted by molar-refractivity contribution is 5.71. The number of ether oxygens (including phenoxy) is 2. The molecule has 0 aliphatic carbocycles. The molecule has 0 aliphatic rings. The molecular formula is C17H17FO3. The SMILES string of the molecule is Cc1ccc(OCC(=O)OCc2ccc(F)cc2)cc1C. The number of halogens is 1. The fourth-order valence-electron chi connectivity index (χ4n) is 1.73. The quantitative estimate of drug-likeness (QED) is 0.789. The summed E-state index contributed by atoms with van der Waals surface area (Å²) in [5.74, 6) is -0.141. The Hall–Kier alpha value is -2.36. The first-order valence-corrected chi connectivity index (χ1v) is 6.65. The van der Waals surface area contributed by atoms with Gasteiger partial charge in [0.1, 0.15) is 18.2 Å². The molecule has 0 atom stereocenters. The van der Waals surface area contributed by atoms with Crippen molar-refractivity contribution in [3.8, 4) is 5.75 Å². The number of rotatable bonds is 5. The Kier molecular flexibility index (Phi) is 4.93. The fraction of sp³-hybridized carbons (Fsp3) is 0.235. The van der Waals surface area contributed by atoms with Crippen LogP contribution < -0.4 is 4.74 Å². The molecule has 2 aromatic carbocycles. The van der Waals surface area contributed by atoms with E-state index in [2.05, 4.69) is 0 Å². The zero-order chi connectivity index (χ0) is 15.2. The van der Waals surface area contributed by atoms with Gasteiger partial charge in [0.05, 0.1) is 0 Å². The van der Waals surface area contributed by atoms with Crippen LogP contribution in [0.5, 0.6) is 5.75 Å². The van der Waals surface area contributed by atoms with Crippen LogP contribution in [0.4, 0.5) is 4.39 Å². The maximum atomic E-state index is 12.7. The summed E-state index contributed by atoms with van der Waals surface area (Å²) in [5.41, 5.74) is 3.00. The van der Waals surface area contributed by atoms with Crippen molar-refractivity contribution in [1.29, 1.82) is 0 Å². The summed E-state index contributed by atoms with van der Waals surface area (Å²) in [6, 6.07) is 11.4. The summed E-state index contributed by atoms with van der Waals surface area (Å²) in [6.07, 6.45) is 0. The van der Waals surface area contributed by atoms with Crippen LogP contribution in [0.25, 0.3) is 0 Å². The van der Waals surface area contributed by atoms with Crippen LogP contribution in [0.1, 0.15) is 16.7 Å². The van der Waals surface area contributed by atoms with E-state index in [1.54, 1.807) is 12.1 Å². The Bertz CT molecular complexity index is 620. The average molecular weight is 288 g/mol. The molecule has 21 heavy (non-hydrogen) atoms. The molecule has 0 N–H and O–H groups in total. The second-order valence-electron chi connectivity index (χ2n) is 4.82. The minimum atomic E-state index is -0.461. The minimum Gasteiger partial charge on any atom is -0.482 e. The van der Waals surface area contributed by atoms with Crippen molar-refractivity contribution in [1.82, 2.24) is 0 Å². The van der Waals surface area contributed by atoms with Gasteiger partial charge in [0.15, 0.2) is 6.61 Å². The third kappa shape index (κ3) is 4.60. The monoisotopic (exact) mass is 288 g/mol. The van der Waals surface area contributed by atoms with E-state index in [1.807, 2.05) is 32.0 Å². The van der Waals surface area contributed by atoms with E-state index in [1.165, 1.54) is 17.7 Å². The van der Waals surface area contributed by atoms with Gasteiger partial charge < -0.3 is 9.47 Å². The highest BCUT2D eigenvalue weighted by Crippen LogP contribution is 2.16. The third-order valence-electron chi connectivity index (χ3n) is 3.15. The van der Waals surface area contributed by atoms with Gasteiger partial charge in [-0.3, -0.25) is 0 Å². The second-order valence-corrected chi connectivity index (χ2v) is 4.82. The molecule has 0 aliphatic heterocycles. The lowest BCUT2D eigenvalue weighted by molar-refractivity contribution is -0.147. The van der Waals surface area contributed by atoms with Crippen molar-refractivity contribution in [3.63, 3.8) is 0 Å². The maximum absolute atomic E-state index is 12.7. The molecule has 0 heterocycles. The van der Waals surface area contributed by atoms with Crippen LogP contribution in [-0.4, -0.2) is 12.6 Å². The molecule has 0 saturated heterocycles. The first kappa shape index (κ1) is 15.0. The number of hydrogen-bond donors (Lipinski definition) is 0. The number of esters is 1. The largest absolute Gasteiger partial charge is 0.482 e. The number of benzene rings is 2. The van der Waals surface area contributed by atoms with Gasteiger partial charge in [0, 0.05) is 0 Å². The first-order valence-electron chi connectivity index (χ1n) is 6.65. The lowest BCUT2D eigenvalue weighted by atomic mass is 10.1. The molecule has 0 unspecified atom stereocenters. The second kappa shape index (κ2) is 6.88. The zero-order valence-corrected chi connectivity index (χ0v) is 12.1. The number of carbonyl (C=O) groups is 1. The molecule has 0 saturated carbocycles. The van der Waals surface area contributed by atoms with E-state index in [0.717, 1.165) is 11.1 Å². The maximum Gasteiger partial charge on any atom is 0.344 e. The van der Waals surface area contributed by atoms with E-state index < -0.39 is 5.97 Å². The molecule has 0 amide bonds. The molecule has 0 fully saturated rings. The Morgan fingerprint density at radius 1 is 1.05 bits per heavy atom. The topological polar surface area (TPSA) is 35.5 Å². The first-order chi connectivity index (χ1) is 10.0. The lowest BCUT2D eigenvalue weighted by Crippen LogP contribution is -2.14. The van der Waals surface area contributed by atoms with Crippen molar-refractivity contribution in [3.05, 3.63) is 65.0 Å². The van der Waals surface area contributed by atoms with Gasteiger partial charge in [-0.25, -0.2) is 9.18 Å². The summed E-state index contributed by atoms with van der Waals surface area (Å²) in [7, 11) is 0. The third-order valence-corrected chi connectivity index (χ3v) is 3.15. The number of hydrogen-bond acceptors (Lipinski definition) is 3. The molecule has 2 rings (SSSR count). The van der Waals surface area contributed by atoms with Crippen LogP contribution in [0.3, 0.4) is 0 Å². The lowest BCUT2D eigenvalue weighted by Gasteiger charge is -2.08. The van der Waals surface area contributed by atoms with Crippen molar-refractivity contribution < 1.29 is 18.7 Å². The molecule has 0 spiro atoms. The van der Waals surface area contributed by atoms with E-state index in [-0.39, 0.29) is 19.0 Å². The summed E-state index contributed by atoms with van der Waals surface area (Å²) in [4.78, 5) is 11.6. The predicted molar refractivity (Wildman–Crippen MR) is 77.6 cm³/mol. The Morgan fingerprint density at radius 2 is 1.76 bits per heavy atom. The summed E-state index contributed by atoms with van der Waals surface area (Å²) < 4.78 is 23.2. The van der Waals surface area contributed by atoms with Crippen LogP contribution in [0.2, 0.25) is 0 Å². The summed E-state index contributed by atoms with van der Waals surface area (Å²) >= 11 is 0. The molecule has 0 radical (unpaired) electrons. The fourth-order valence-corrected chi connectivity index (χ4v) is 1.73. The molecule has 0 bridgehead atoms.